The summed E-state index contributed by atoms with van der Waals surface area (Å²) in [5.41, 5.74) is 0. The first-order chi connectivity index (χ1) is 7.24. The van der Waals surface area contributed by atoms with Gasteiger partial charge in [-0.15, -0.1) is 37.0 Å². The molecule has 0 spiro atoms. The Bertz CT molecular complexity index is 383. The van der Waals surface area contributed by atoms with E-state index in [0.717, 1.165) is 8.47 Å². The van der Waals surface area contributed by atoms with Crippen LogP contribution in [-0.2, 0) is 0 Å². The maximum absolute atomic E-state index is 4.40. The third-order valence-corrected chi connectivity index (χ3v) is 10.3. The normalized spacial score (nSPS) is 26.0. The number of rotatable bonds is 0. The molecule has 0 aromatic heterocycles. The monoisotopic (exact) mass is 326 g/mol. The van der Waals surface area contributed by atoms with Crippen molar-refractivity contribution < 1.29 is 0 Å². The van der Waals surface area contributed by atoms with E-state index < -0.39 is 0 Å². The molecule has 0 amide bonds. The van der Waals surface area contributed by atoms with Gasteiger partial charge in [-0.1, -0.05) is 47.0 Å². The fourth-order valence-electron chi connectivity index (χ4n) is 1.27. The summed E-state index contributed by atoms with van der Waals surface area (Å²) in [7, 11) is 0. The van der Waals surface area contributed by atoms with Crippen LogP contribution in [0.3, 0.4) is 0 Å². The van der Waals surface area contributed by atoms with Crippen molar-refractivity contribution in [2.45, 2.75) is 6.42 Å². The molecule has 0 aliphatic carbocycles. The van der Waals surface area contributed by atoms with Crippen molar-refractivity contribution in [2.24, 2.45) is 0 Å². The van der Waals surface area contributed by atoms with Gasteiger partial charge in [0, 0.05) is 10.7 Å². The van der Waals surface area contributed by atoms with Gasteiger partial charge in [-0.25, -0.2) is 0 Å². The van der Waals surface area contributed by atoms with Crippen molar-refractivity contribution in [1.29, 1.82) is 0 Å². The number of hydrogen-bond acceptors (Lipinski definition) is 7. The molecule has 15 heavy (non-hydrogen) atoms. The topological polar surface area (TPSA) is 0 Å². The van der Waals surface area contributed by atoms with E-state index in [1.165, 1.54) is 24.9 Å². The van der Waals surface area contributed by atoms with Gasteiger partial charge in [0.15, 0.2) is 0 Å². The van der Waals surface area contributed by atoms with Crippen LogP contribution in [0.1, 0.15) is 6.42 Å². The molecule has 0 nitrogen and oxygen atoms in total. The van der Waals surface area contributed by atoms with Gasteiger partial charge < -0.3 is 0 Å². The predicted molar refractivity (Wildman–Crippen MR) is 86.5 cm³/mol. The Hall–Kier alpha value is 1.67. The highest BCUT2D eigenvalue weighted by Gasteiger charge is 2.30. The Labute approximate surface area is 121 Å². The second kappa shape index (κ2) is 4.74. The van der Waals surface area contributed by atoms with Gasteiger partial charge in [0.1, 0.15) is 0 Å². The average Bonchev–Trinajstić information content (AvgIpc) is 2.80. The first-order valence-corrected chi connectivity index (χ1v) is 9.32. The van der Waals surface area contributed by atoms with Crippen LogP contribution < -0.4 is 0 Å². The van der Waals surface area contributed by atoms with Crippen LogP contribution in [0.4, 0.5) is 0 Å². The lowest BCUT2D eigenvalue weighted by Gasteiger charge is -2.03. The number of allylic oxidation sites excluding steroid dienone is 1. The minimum atomic E-state index is 1.03. The van der Waals surface area contributed by atoms with E-state index in [9.17, 15) is 0 Å². The summed E-state index contributed by atoms with van der Waals surface area (Å²) in [6, 6.07) is 0. The smallest absolute Gasteiger partial charge is 0.0717 e. The molecule has 80 valence electrons. The van der Waals surface area contributed by atoms with Crippen molar-refractivity contribution in [3.63, 3.8) is 0 Å². The van der Waals surface area contributed by atoms with Crippen molar-refractivity contribution >= 4 is 84.1 Å². The van der Waals surface area contributed by atoms with Gasteiger partial charge in [0.25, 0.3) is 0 Å². The van der Waals surface area contributed by atoms with E-state index in [0.29, 0.717) is 0 Å². The molecular weight excluding hydrogens is 321 g/mol. The van der Waals surface area contributed by atoms with Crippen molar-refractivity contribution in [3.05, 3.63) is 26.1 Å². The van der Waals surface area contributed by atoms with Gasteiger partial charge in [-0.3, -0.25) is 0 Å². The summed E-state index contributed by atoms with van der Waals surface area (Å²) >= 11 is 18.1. The van der Waals surface area contributed by atoms with E-state index >= 15 is 0 Å². The van der Waals surface area contributed by atoms with Crippen LogP contribution in [0.2, 0.25) is 0 Å². The highest BCUT2D eigenvalue weighted by atomic mass is 32.2. The van der Waals surface area contributed by atoms with Gasteiger partial charge in [0.05, 0.1) is 21.2 Å². The molecule has 0 bridgehead atoms. The van der Waals surface area contributed by atoms with E-state index in [2.05, 4.69) is 25.3 Å². The lowest BCUT2D eigenvalue weighted by atomic mass is 10.5. The minimum Gasteiger partial charge on any atom is -0.135 e. The summed E-state index contributed by atoms with van der Waals surface area (Å²) in [5.74, 6) is 1.27. The third kappa shape index (κ3) is 2.30. The average molecular weight is 327 g/mol. The fraction of sp³-hybridized carbons (Fsp3) is 0.250. The van der Waals surface area contributed by atoms with Crippen LogP contribution in [0, 0.1) is 0 Å². The number of thiol groups is 2. The minimum absolute atomic E-state index is 1.03. The van der Waals surface area contributed by atoms with Crippen LogP contribution in [-0.4, -0.2) is 5.75 Å². The first-order valence-electron chi connectivity index (χ1n) is 4.18. The molecule has 0 saturated heterocycles. The lowest BCUT2D eigenvalue weighted by molar-refractivity contribution is 1.25. The molecule has 0 atom stereocenters. The molecule has 0 fully saturated rings. The lowest BCUT2D eigenvalue weighted by Crippen LogP contribution is -1.73. The molecule has 0 N–H and O–H groups in total. The quantitative estimate of drug-likeness (QED) is 0.573. The standard InChI is InChI=1S/C8H6S7/c9-4-5(10)14-8(13-4)7-12-3-1-2-11-6(3)15-7/h9-10H,1-2H2. The molecule has 7 heteroatoms. The molecule has 0 saturated carbocycles. The second-order valence-corrected chi connectivity index (χ2v) is 10.4. The Kier molecular flexibility index (Phi) is 3.71. The molecule has 3 aliphatic heterocycles. The van der Waals surface area contributed by atoms with Crippen molar-refractivity contribution in [2.75, 3.05) is 5.75 Å². The maximum Gasteiger partial charge on any atom is 0.0717 e. The van der Waals surface area contributed by atoms with Crippen LogP contribution in [0.15, 0.2) is 26.1 Å². The summed E-state index contributed by atoms with van der Waals surface area (Å²) in [5, 5.41) is 0. The second-order valence-electron chi connectivity index (χ2n) is 2.90. The predicted octanol–water partition coefficient (Wildman–Crippen LogP) is 5.37. The van der Waals surface area contributed by atoms with Gasteiger partial charge in [0.2, 0.25) is 0 Å². The maximum atomic E-state index is 4.40. The summed E-state index contributed by atoms with van der Waals surface area (Å²) in [6.07, 6.45) is 1.25. The van der Waals surface area contributed by atoms with Gasteiger partial charge in [-0.2, -0.15) is 0 Å². The van der Waals surface area contributed by atoms with Crippen LogP contribution in [0.5, 0.6) is 0 Å². The molecule has 0 unspecified atom stereocenters. The molecule has 3 rings (SSSR count). The highest BCUT2D eigenvalue weighted by molar-refractivity contribution is 8.41. The summed E-state index contributed by atoms with van der Waals surface area (Å²) < 4.78 is 6.38. The molecule has 3 aliphatic rings. The Morgan fingerprint density at radius 1 is 0.800 bits per heavy atom. The fourth-order valence-corrected chi connectivity index (χ4v) is 9.18. The zero-order valence-electron chi connectivity index (χ0n) is 7.35. The highest BCUT2D eigenvalue weighted by Crippen LogP contribution is 2.64. The number of hydrogen-bond donors (Lipinski definition) is 2. The van der Waals surface area contributed by atoms with Gasteiger partial charge >= 0.3 is 0 Å². The molecular formula is C8H6S7. The van der Waals surface area contributed by atoms with E-state index in [-0.39, 0.29) is 0 Å². The Morgan fingerprint density at radius 3 is 2.13 bits per heavy atom. The Balaban J connectivity index is 1.80. The molecule has 3 heterocycles. The largest absolute Gasteiger partial charge is 0.135 e. The van der Waals surface area contributed by atoms with E-state index in [1.54, 1.807) is 28.4 Å². The van der Waals surface area contributed by atoms with Crippen molar-refractivity contribution in [3.8, 4) is 0 Å². The summed E-state index contributed by atoms with van der Waals surface area (Å²) in [6.45, 7) is 0. The SMILES string of the molecule is SC1=C(S)SC(=C2SC3=C(SCC3)S2)S1. The first kappa shape index (κ1) is 11.7. The van der Waals surface area contributed by atoms with E-state index in [4.69, 9.17) is 0 Å². The summed E-state index contributed by atoms with van der Waals surface area (Å²) in [4.78, 5) is 1.57. The zero-order valence-corrected chi connectivity index (χ0v) is 13.2. The zero-order chi connectivity index (χ0) is 10.4. The number of thioether (sulfide) groups is 5. The molecule has 0 radical (unpaired) electrons. The molecule has 0 aromatic rings. The van der Waals surface area contributed by atoms with Gasteiger partial charge in [-0.05, 0) is 6.42 Å². The van der Waals surface area contributed by atoms with Crippen LogP contribution in [0.25, 0.3) is 0 Å². The van der Waals surface area contributed by atoms with Crippen molar-refractivity contribution in [1.82, 2.24) is 0 Å². The third-order valence-electron chi connectivity index (χ3n) is 1.92. The Morgan fingerprint density at radius 2 is 1.47 bits per heavy atom. The van der Waals surface area contributed by atoms with E-state index in [1.807, 2.05) is 35.3 Å². The molecule has 0 aromatic carbocycles. The van der Waals surface area contributed by atoms with Crippen LogP contribution >= 0.6 is 84.1 Å².